The van der Waals surface area contributed by atoms with Crippen molar-refractivity contribution in [3.63, 3.8) is 0 Å². The number of Topliss-reactive ketones (excluding diaryl/α,β-unsaturated/α-hetero) is 1. The van der Waals surface area contributed by atoms with Crippen molar-refractivity contribution in [1.29, 1.82) is 0 Å². The van der Waals surface area contributed by atoms with E-state index in [1.807, 2.05) is 6.92 Å². The highest BCUT2D eigenvalue weighted by molar-refractivity contribution is 5.97. The number of ketones is 1. The Balaban J connectivity index is 2.62. The van der Waals surface area contributed by atoms with Crippen LogP contribution in [0.25, 0.3) is 0 Å². The normalized spacial score (nSPS) is 22.9. The van der Waals surface area contributed by atoms with Crippen LogP contribution in [0.2, 0.25) is 0 Å². The highest BCUT2D eigenvalue weighted by atomic mass is 16.1. The summed E-state index contributed by atoms with van der Waals surface area (Å²) in [5, 5.41) is 0. The highest BCUT2D eigenvalue weighted by Gasteiger charge is 2.20. The molecule has 1 aliphatic carbocycles. The van der Waals surface area contributed by atoms with Gasteiger partial charge in [0.2, 0.25) is 0 Å². The van der Waals surface area contributed by atoms with Crippen LogP contribution in [0.5, 0.6) is 0 Å². The molecule has 84 valence electrons. The minimum atomic E-state index is 0.337. The van der Waals surface area contributed by atoms with Gasteiger partial charge in [-0.2, -0.15) is 0 Å². The number of rotatable bonds is 4. The predicted molar refractivity (Wildman–Crippen MR) is 64.8 cm³/mol. The average molecular weight is 206 g/mol. The molecular weight excluding hydrogens is 184 g/mol. The van der Waals surface area contributed by atoms with Crippen molar-refractivity contribution in [3.8, 4) is 0 Å². The van der Waals surface area contributed by atoms with E-state index in [9.17, 15) is 4.79 Å². The van der Waals surface area contributed by atoms with Gasteiger partial charge in [0, 0.05) is 6.42 Å². The van der Waals surface area contributed by atoms with Crippen LogP contribution >= 0.6 is 0 Å². The third-order valence-electron chi connectivity index (χ3n) is 3.05. The topological polar surface area (TPSA) is 17.1 Å². The fourth-order valence-corrected chi connectivity index (χ4v) is 1.99. The summed E-state index contributed by atoms with van der Waals surface area (Å²) in [6, 6.07) is 0. The second-order valence-corrected chi connectivity index (χ2v) is 4.63. The molecule has 15 heavy (non-hydrogen) atoms. The second-order valence-electron chi connectivity index (χ2n) is 4.63. The van der Waals surface area contributed by atoms with Crippen molar-refractivity contribution >= 4 is 5.78 Å². The van der Waals surface area contributed by atoms with Gasteiger partial charge in [0.1, 0.15) is 0 Å². The SMILES string of the molecule is CCCC/C=C/C1=C(C)C(=O)CC(C)C1. The molecule has 0 bridgehead atoms. The average Bonchev–Trinajstić information content (AvgIpc) is 2.19. The Morgan fingerprint density at radius 2 is 2.13 bits per heavy atom. The van der Waals surface area contributed by atoms with Crippen LogP contribution in [0.15, 0.2) is 23.3 Å². The first-order chi connectivity index (χ1) is 7.15. The molecule has 0 aliphatic heterocycles. The number of carbonyl (C=O) groups excluding carboxylic acids is 1. The van der Waals surface area contributed by atoms with Crippen LogP contribution in [0, 0.1) is 5.92 Å². The summed E-state index contributed by atoms with van der Waals surface area (Å²) < 4.78 is 0. The van der Waals surface area contributed by atoms with Gasteiger partial charge in [-0.05, 0) is 36.8 Å². The minimum absolute atomic E-state index is 0.337. The fourth-order valence-electron chi connectivity index (χ4n) is 1.99. The molecule has 0 amide bonds. The Hall–Kier alpha value is -0.850. The molecule has 0 spiro atoms. The van der Waals surface area contributed by atoms with Crippen molar-refractivity contribution in [2.24, 2.45) is 5.92 Å². The quantitative estimate of drug-likeness (QED) is 0.634. The van der Waals surface area contributed by atoms with E-state index in [0.717, 1.165) is 24.8 Å². The van der Waals surface area contributed by atoms with Crippen LogP contribution in [0.4, 0.5) is 0 Å². The summed E-state index contributed by atoms with van der Waals surface area (Å²) in [5.41, 5.74) is 2.25. The lowest BCUT2D eigenvalue weighted by Crippen LogP contribution is -2.15. The van der Waals surface area contributed by atoms with Gasteiger partial charge < -0.3 is 0 Å². The largest absolute Gasteiger partial charge is 0.295 e. The summed E-state index contributed by atoms with van der Waals surface area (Å²) in [5.74, 6) is 0.857. The van der Waals surface area contributed by atoms with Crippen LogP contribution in [0.1, 0.15) is 52.9 Å². The van der Waals surface area contributed by atoms with E-state index in [1.165, 1.54) is 18.4 Å². The minimum Gasteiger partial charge on any atom is -0.295 e. The molecule has 1 unspecified atom stereocenters. The van der Waals surface area contributed by atoms with Gasteiger partial charge in [-0.15, -0.1) is 0 Å². The van der Waals surface area contributed by atoms with Crippen molar-refractivity contribution in [1.82, 2.24) is 0 Å². The molecule has 1 atom stereocenters. The summed E-state index contributed by atoms with van der Waals surface area (Å²) in [4.78, 5) is 11.6. The van der Waals surface area contributed by atoms with E-state index in [2.05, 4.69) is 26.0 Å². The van der Waals surface area contributed by atoms with Gasteiger partial charge >= 0.3 is 0 Å². The smallest absolute Gasteiger partial charge is 0.159 e. The molecule has 0 aromatic rings. The molecule has 1 rings (SSSR count). The summed E-state index contributed by atoms with van der Waals surface area (Å²) in [6.45, 7) is 6.32. The van der Waals surface area contributed by atoms with E-state index in [4.69, 9.17) is 0 Å². The summed E-state index contributed by atoms with van der Waals surface area (Å²) in [6.07, 6.45) is 9.80. The van der Waals surface area contributed by atoms with Crippen molar-refractivity contribution in [3.05, 3.63) is 23.3 Å². The lowest BCUT2D eigenvalue weighted by Gasteiger charge is -2.19. The first-order valence-corrected chi connectivity index (χ1v) is 6.04. The Labute approximate surface area is 93.3 Å². The van der Waals surface area contributed by atoms with Gasteiger partial charge in [0.05, 0.1) is 0 Å². The maximum absolute atomic E-state index is 11.6. The van der Waals surface area contributed by atoms with Crippen LogP contribution in [-0.2, 0) is 4.79 Å². The molecule has 1 heteroatoms. The maximum atomic E-state index is 11.6. The molecule has 1 aliphatic rings. The molecule has 0 radical (unpaired) electrons. The van der Waals surface area contributed by atoms with Crippen LogP contribution in [-0.4, -0.2) is 5.78 Å². The van der Waals surface area contributed by atoms with E-state index < -0.39 is 0 Å². The first kappa shape index (κ1) is 12.2. The second kappa shape index (κ2) is 5.89. The zero-order valence-corrected chi connectivity index (χ0v) is 10.2. The monoisotopic (exact) mass is 206 g/mol. The Bertz CT molecular complexity index is 284. The van der Waals surface area contributed by atoms with Crippen LogP contribution < -0.4 is 0 Å². The maximum Gasteiger partial charge on any atom is 0.159 e. The standard InChI is InChI=1S/C14H22O/c1-4-5-6-7-8-13-9-11(2)10-14(15)12(13)3/h7-8,11H,4-6,9-10H2,1-3H3/b8-7+. The molecule has 1 nitrogen and oxygen atoms in total. The molecule has 0 N–H and O–H groups in total. The molecule has 0 fully saturated rings. The van der Waals surface area contributed by atoms with Gasteiger partial charge in [-0.3, -0.25) is 4.79 Å². The number of unbranched alkanes of at least 4 members (excludes halogenated alkanes) is 2. The van der Waals surface area contributed by atoms with Crippen molar-refractivity contribution in [2.75, 3.05) is 0 Å². The third kappa shape index (κ3) is 3.65. The number of allylic oxidation sites excluding steroid dienone is 4. The zero-order chi connectivity index (χ0) is 11.3. The molecule has 0 saturated heterocycles. The third-order valence-corrected chi connectivity index (χ3v) is 3.05. The Kier molecular flexibility index (Phi) is 4.80. The predicted octanol–water partition coefficient (Wildman–Crippen LogP) is 4.05. The number of carbonyl (C=O) groups is 1. The first-order valence-electron chi connectivity index (χ1n) is 6.04. The summed E-state index contributed by atoms with van der Waals surface area (Å²) >= 11 is 0. The van der Waals surface area contributed by atoms with Crippen LogP contribution in [0.3, 0.4) is 0 Å². The van der Waals surface area contributed by atoms with Gasteiger partial charge in [0.15, 0.2) is 5.78 Å². The van der Waals surface area contributed by atoms with Gasteiger partial charge in [-0.25, -0.2) is 0 Å². The molecule has 0 saturated carbocycles. The Morgan fingerprint density at radius 1 is 1.40 bits per heavy atom. The highest BCUT2D eigenvalue weighted by Crippen LogP contribution is 2.27. The van der Waals surface area contributed by atoms with E-state index in [0.29, 0.717) is 11.7 Å². The summed E-state index contributed by atoms with van der Waals surface area (Å²) in [7, 11) is 0. The zero-order valence-electron chi connectivity index (χ0n) is 10.2. The molecule has 0 aromatic carbocycles. The molecule has 0 heterocycles. The Morgan fingerprint density at radius 3 is 2.80 bits per heavy atom. The van der Waals surface area contributed by atoms with Crippen molar-refractivity contribution < 1.29 is 4.79 Å². The van der Waals surface area contributed by atoms with E-state index in [1.54, 1.807) is 0 Å². The number of hydrogen-bond acceptors (Lipinski definition) is 1. The van der Waals surface area contributed by atoms with E-state index >= 15 is 0 Å². The lowest BCUT2D eigenvalue weighted by atomic mass is 9.84. The van der Waals surface area contributed by atoms with Gasteiger partial charge in [-0.1, -0.05) is 38.8 Å². The molecular formula is C14H22O. The number of hydrogen-bond donors (Lipinski definition) is 0. The lowest BCUT2D eigenvalue weighted by molar-refractivity contribution is -0.116. The van der Waals surface area contributed by atoms with Gasteiger partial charge in [0.25, 0.3) is 0 Å². The molecule has 0 aromatic heterocycles. The van der Waals surface area contributed by atoms with E-state index in [-0.39, 0.29) is 0 Å². The van der Waals surface area contributed by atoms with Crippen molar-refractivity contribution in [2.45, 2.75) is 52.9 Å². The fraction of sp³-hybridized carbons (Fsp3) is 0.643.